The van der Waals surface area contributed by atoms with E-state index < -0.39 is 149 Å². The number of rotatable bonds is 23. The SMILES string of the molecule is CC[C@H]1OC(=O)[C@H](C)C(=O)[C@H](C)[C@@H](O[C@@H]2O[C@H](C)C[C@H](N(C)C)[C@H]2C)[C@@](C)(OC)C[C@@H](C)C(=O)[C@H](C)[C@@H]2N(CCCCn3cc(-c4cccc(N)c4)nn3)C(=O)O[C@@]21C.CC[C@H]1OC(=O)[C@H](C)C(=O)[C@H](C)[C@@H](O[C@@H]2O[C@H](C)C[C@H](N(C)C)[C@H]2C)[C@@](C)(OC)C[C@@H](C)C(=O)[C@H](C)[C@@H]2N(CCCCn3cc(-c4cccc(NC(C)=O)c4)nn3)C(=O)O[C@@]21C. The lowest BCUT2D eigenvalue weighted by molar-refractivity contribution is -0.281. The lowest BCUT2D eigenvalue weighted by atomic mass is 9.73. The average molecular weight is 1690 g/mol. The molecule has 0 unspecified atom stereocenters. The van der Waals surface area contributed by atoms with E-state index in [2.05, 4.69) is 49.6 Å². The molecule has 0 saturated carbocycles. The molecule has 6 aliphatic rings. The number of carbonyl (C=O) groups excluding carboxylic acids is 9. The summed E-state index contributed by atoms with van der Waals surface area (Å²) in [7, 11) is 11.2. The van der Waals surface area contributed by atoms with Crippen LogP contribution in [-0.2, 0) is 94.0 Å². The third-order valence-corrected chi connectivity index (χ3v) is 26.9. The van der Waals surface area contributed by atoms with Crippen LogP contribution in [0.2, 0.25) is 0 Å². The monoisotopic (exact) mass is 1690 g/mol. The number of cyclic esters (lactones) is 2. The van der Waals surface area contributed by atoms with Crippen molar-refractivity contribution >= 4 is 64.5 Å². The Morgan fingerprint density at radius 2 is 0.917 bits per heavy atom. The molecule has 31 heteroatoms. The first-order valence-electron chi connectivity index (χ1n) is 43.6. The molecule has 26 atom stereocenters. The normalized spacial score (nSPS) is 35.6. The van der Waals surface area contributed by atoms with E-state index in [4.69, 9.17) is 53.1 Å². The van der Waals surface area contributed by atoms with Gasteiger partial charge >= 0.3 is 24.1 Å². The van der Waals surface area contributed by atoms with Crippen LogP contribution in [0.25, 0.3) is 22.5 Å². The van der Waals surface area contributed by atoms with Crippen molar-refractivity contribution in [3.63, 3.8) is 0 Å². The van der Waals surface area contributed by atoms with E-state index >= 15 is 0 Å². The maximum Gasteiger partial charge on any atom is 0.410 e. The molecule has 0 spiro atoms. The van der Waals surface area contributed by atoms with Crippen LogP contribution in [-0.4, -0.2) is 254 Å². The summed E-state index contributed by atoms with van der Waals surface area (Å²) in [6.45, 7) is 35.9. The van der Waals surface area contributed by atoms with Gasteiger partial charge in [0.2, 0.25) is 5.91 Å². The van der Waals surface area contributed by atoms with E-state index in [1.165, 1.54) is 13.8 Å². The van der Waals surface area contributed by atoms with Crippen LogP contribution >= 0.6 is 0 Å². The number of nitrogens with two attached hydrogens (primary N) is 1. The lowest BCUT2D eigenvalue weighted by Crippen LogP contribution is -2.59. The number of anilines is 2. The molecule has 0 radical (unpaired) electrons. The molecule has 121 heavy (non-hydrogen) atoms. The van der Waals surface area contributed by atoms with Gasteiger partial charge in [0.15, 0.2) is 35.3 Å². The summed E-state index contributed by atoms with van der Waals surface area (Å²) < 4.78 is 67.2. The Kier molecular flexibility index (Phi) is 32.5. The fraction of sp³-hybridized carbons (Fsp3) is 0.722. The second kappa shape index (κ2) is 40.6. The van der Waals surface area contributed by atoms with Gasteiger partial charge in [0, 0.05) is 129 Å². The molecule has 10 rings (SSSR count). The predicted molar refractivity (Wildman–Crippen MR) is 454 cm³/mol. The Bertz CT molecular complexity index is 4250. The zero-order chi connectivity index (χ0) is 89.4. The minimum absolute atomic E-state index is 0.0594. The van der Waals surface area contributed by atoms with Crippen molar-refractivity contribution < 1.29 is 90.5 Å². The molecule has 0 aliphatic carbocycles. The number of unbranched alkanes of at least 4 members (excludes halogenated alkanes) is 2. The van der Waals surface area contributed by atoms with Crippen LogP contribution < -0.4 is 11.1 Å². The van der Waals surface area contributed by atoms with Crippen molar-refractivity contribution in [1.82, 2.24) is 49.6 Å². The van der Waals surface area contributed by atoms with Crippen molar-refractivity contribution in [2.24, 2.45) is 59.2 Å². The van der Waals surface area contributed by atoms with Gasteiger partial charge in [-0.2, -0.15) is 0 Å². The van der Waals surface area contributed by atoms with Gasteiger partial charge in [0.25, 0.3) is 0 Å². The number of nitrogens with one attached hydrogen (secondary N) is 1. The molecular weight excluding hydrogens is 1550 g/mol. The van der Waals surface area contributed by atoms with Crippen molar-refractivity contribution in [3.05, 3.63) is 60.9 Å². The Balaban J connectivity index is 0.000000275. The molecule has 2 aromatic heterocycles. The second-order valence-electron chi connectivity index (χ2n) is 36.5. The maximum absolute atomic E-state index is 14.8. The number of aryl methyl sites for hydroxylation is 2. The minimum Gasteiger partial charge on any atom is -0.458 e. The topological polar surface area (TPSA) is 358 Å². The highest BCUT2D eigenvalue weighted by atomic mass is 16.7. The number of benzene rings is 2. The van der Waals surface area contributed by atoms with Crippen LogP contribution in [0.5, 0.6) is 0 Å². The summed E-state index contributed by atoms with van der Waals surface area (Å²) in [5.41, 5.74) is 5.13. The average Bonchev–Trinajstić information content (AvgIpc) is 1.60. The zero-order valence-corrected chi connectivity index (χ0v) is 76.2. The Labute approximate surface area is 715 Å². The smallest absolute Gasteiger partial charge is 0.410 e. The number of hydrogen-bond donors (Lipinski definition) is 2. The number of nitrogens with zero attached hydrogens (tertiary/aromatic N) is 10. The number of amides is 3. The Morgan fingerprint density at radius 3 is 1.28 bits per heavy atom. The fourth-order valence-electron chi connectivity index (χ4n) is 19.9. The number of ketones is 4. The number of Topliss-reactive ketones (excluding diaryl/α,β-unsaturated/α-hetero) is 4. The second-order valence-corrected chi connectivity index (χ2v) is 36.5. The van der Waals surface area contributed by atoms with Crippen molar-refractivity contribution in [3.8, 4) is 22.5 Å². The highest BCUT2D eigenvalue weighted by molar-refractivity contribution is 6.01. The lowest BCUT2D eigenvalue weighted by Gasteiger charge is -2.47. The van der Waals surface area contributed by atoms with Crippen LogP contribution in [0.15, 0.2) is 60.9 Å². The zero-order valence-electron chi connectivity index (χ0n) is 76.2. The van der Waals surface area contributed by atoms with Gasteiger partial charge in [0.05, 0.1) is 60.1 Å². The first-order chi connectivity index (χ1) is 56.9. The van der Waals surface area contributed by atoms with Crippen LogP contribution in [0, 0.1) is 59.2 Å². The van der Waals surface area contributed by atoms with Gasteiger partial charge < -0.3 is 78.0 Å². The summed E-state index contributed by atoms with van der Waals surface area (Å²) in [5, 5.41) is 20.0. The number of aromatic nitrogens is 6. The summed E-state index contributed by atoms with van der Waals surface area (Å²) in [6.07, 6.45) is 2.17. The molecule has 0 bridgehead atoms. The number of esters is 2. The number of nitrogen functional groups attached to an aromatic ring is 1. The minimum atomic E-state index is -1.41. The van der Waals surface area contributed by atoms with Crippen LogP contribution in [0.1, 0.15) is 196 Å². The largest absolute Gasteiger partial charge is 0.458 e. The Hall–Kier alpha value is -8.17. The van der Waals surface area contributed by atoms with Gasteiger partial charge in [0.1, 0.15) is 47.0 Å². The molecule has 6 fully saturated rings. The summed E-state index contributed by atoms with van der Waals surface area (Å²) in [4.78, 5) is 133. The molecule has 6 aliphatic heterocycles. The molecule has 672 valence electrons. The van der Waals surface area contributed by atoms with Gasteiger partial charge in [-0.25, -0.2) is 9.59 Å². The van der Waals surface area contributed by atoms with Crippen molar-refractivity contribution in [1.29, 1.82) is 0 Å². The maximum atomic E-state index is 14.8. The van der Waals surface area contributed by atoms with E-state index in [0.717, 1.165) is 24.0 Å². The van der Waals surface area contributed by atoms with E-state index in [1.807, 2.05) is 152 Å². The number of carbonyl (C=O) groups is 9. The van der Waals surface area contributed by atoms with E-state index in [1.54, 1.807) is 74.1 Å². The number of hydrogen-bond acceptors (Lipinski definition) is 26. The predicted octanol–water partition coefficient (Wildman–Crippen LogP) is 11.9. The third kappa shape index (κ3) is 21.6. The summed E-state index contributed by atoms with van der Waals surface area (Å²) in [5.74, 6) is -9.53. The molecule has 6 saturated heterocycles. The van der Waals surface area contributed by atoms with Gasteiger partial charge in [-0.3, -0.25) is 42.9 Å². The summed E-state index contributed by atoms with van der Waals surface area (Å²) >= 11 is 0. The molecule has 8 heterocycles. The highest BCUT2D eigenvalue weighted by Crippen LogP contribution is 2.47. The summed E-state index contributed by atoms with van der Waals surface area (Å²) in [6, 6.07) is 13.5. The number of fused-ring (bicyclic) bond motifs is 2. The van der Waals surface area contributed by atoms with Gasteiger partial charge in [-0.1, -0.05) is 104 Å². The molecule has 3 amide bonds. The van der Waals surface area contributed by atoms with Crippen LogP contribution in [0.3, 0.4) is 0 Å². The first kappa shape index (κ1) is 96.6. The van der Waals surface area contributed by atoms with Crippen molar-refractivity contribution in [2.45, 2.75) is 305 Å². The number of ether oxygens (including phenoxy) is 10. The molecular formula is C90H138N12O19. The highest BCUT2D eigenvalue weighted by Gasteiger charge is 2.63. The van der Waals surface area contributed by atoms with E-state index in [-0.39, 0.29) is 98.2 Å². The first-order valence-corrected chi connectivity index (χ1v) is 43.6. The van der Waals surface area contributed by atoms with Crippen LogP contribution in [0.4, 0.5) is 21.0 Å². The fourth-order valence-corrected chi connectivity index (χ4v) is 19.9. The molecule has 31 nitrogen and oxygen atoms in total. The van der Waals surface area contributed by atoms with Gasteiger partial charge in [-0.05, 0) is 172 Å². The standard InChI is InChI=1S/C46H70N6O10.C44H68N6O9/c1-14-37-46(10)40(52(44(57)62-46)21-16-15-20-51-25-35(48-49-51)33-18-17-19-34(23-33)47-32(8)53)29(5)38(54)26(2)24-45(9,58-13)41(30(6)39(55)31(7)42(56)60-37)61-43-28(4)36(50(11)12)22-27(3)59-43;1-13-35-44(9)38(50(42(54)59-44)20-15-14-19-49-24-33(46-47-49)31-17-16-18-32(45)22-31)28(5)36(51)25(2)23-43(8,55-12)39(29(6)37(52)30(7)40(53)57-35)58-41-27(4)34(48(10)11)21-26(3)56-41/h17-19,23,25-31,36-37,40-41,43H,14-16,20-22,24H2,1-13H3,(H,47,53);16-18,22,24-30,34-35,38-39,41H,13-15,19-21,23,45H2,1-12H3/t26-,27-,28-,29+,30+,31-,36+,37-,40+,41-,43+,45+,46-;25-,26-,27-,28+,29+,30-,34+,35-,38+,39-,41+,43+,44-/m11/s1. The Morgan fingerprint density at radius 1 is 0.537 bits per heavy atom. The molecule has 4 aromatic rings. The van der Waals surface area contributed by atoms with Gasteiger partial charge in [-0.15, -0.1) is 10.2 Å². The van der Waals surface area contributed by atoms with E-state index in [0.29, 0.717) is 61.5 Å². The molecule has 2 aromatic carbocycles. The molecule has 3 N–H and O–H groups in total. The quantitative estimate of drug-likeness (QED) is 0.0229. The van der Waals surface area contributed by atoms with Crippen molar-refractivity contribution in [2.75, 3.05) is 66.6 Å². The van der Waals surface area contributed by atoms with E-state index in [9.17, 15) is 43.2 Å². The number of methoxy groups -OCH3 is 2. The third-order valence-electron chi connectivity index (χ3n) is 26.9.